The van der Waals surface area contributed by atoms with Crippen molar-refractivity contribution in [1.82, 2.24) is 0 Å². The van der Waals surface area contributed by atoms with Crippen molar-refractivity contribution in [3.63, 3.8) is 0 Å². The van der Waals surface area contributed by atoms with Crippen molar-refractivity contribution in [1.29, 1.82) is 0 Å². The van der Waals surface area contributed by atoms with Crippen molar-refractivity contribution in [2.24, 2.45) is 0 Å². The first kappa shape index (κ1) is 20.3. The molecule has 0 fully saturated rings. The highest BCUT2D eigenvalue weighted by Gasteiger charge is 2.51. The van der Waals surface area contributed by atoms with Gasteiger partial charge in [-0.25, -0.2) is 4.39 Å². The van der Waals surface area contributed by atoms with Gasteiger partial charge in [-0.3, -0.25) is 14.5 Å². The number of aliphatic hydroxyl groups is 1. The van der Waals surface area contributed by atoms with Gasteiger partial charge in [-0.2, -0.15) is 0 Å². The number of hydrogen-bond acceptors (Lipinski definition) is 3. The third kappa shape index (κ3) is 3.43. The second-order valence-electron chi connectivity index (χ2n) is 6.80. The molecule has 8 heteroatoms. The highest BCUT2D eigenvalue weighted by Crippen LogP contribution is 2.44. The van der Waals surface area contributed by atoms with Crippen molar-refractivity contribution >= 4 is 46.4 Å². The van der Waals surface area contributed by atoms with E-state index in [1.54, 1.807) is 42.5 Å². The summed E-state index contributed by atoms with van der Waals surface area (Å²) in [6.45, 7) is -0.416. The summed E-state index contributed by atoms with van der Waals surface area (Å²) < 4.78 is 14.0. The number of halogens is 3. The highest BCUT2D eigenvalue weighted by molar-refractivity contribution is 6.31. The van der Waals surface area contributed by atoms with Crippen LogP contribution in [0, 0.1) is 5.82 Å². The Balaban J connectivity index is 1.66. The Morgan fingerprint density at radius 2 is 1.77 bits per heavy atom. The van der Waals surface area contributed by atoms with Crippen LogP contribution in [0.25, 0.3) is 0 Å². The molecule has 0 aromatic heterocycles. The van der Waals surface area contributed by atoms with Gasteiger partial charge in [0.1, 0.15) is 12.4 Å². The standard InChI is InChI=1S/C22H15Cl2FN2O3/c23-14-5-3-4-13(10-14)22(30)16-6-1-2-7-19(16)27(21(22)29)12-20(28)26-18-9-8-15(24)11-17(18)25/h1-11,30H,12H2,(H,26,28)/t22-/m1/s1. The van der Waals surface area contributed by atoms with E-state index in [-0.39, 0.29) is 10.7 Å². The van der Waals surface area contributed by atoms with Crippen LogP contribution in [0.2, 0.25) is 10.0 Å². The van der Waals surface area contributed by atoms with Crippen LogP contribution >= 0.6 is 23.2 Å². The van der Waals surface area contributed by atoms with E-state index in [1.165, 1.54) is 23.1 Å². The third-order valence-corrected chi connectivity index (χ3v) is 5.36. The Morgan fingerprint density at radius 1 is 1.03 bits per heavy atom. The maximum atomic E-state index is 14.0. The van der Waals surface area contributed by atoms with Crippen LogP contribution in [0.4, 0.5) is 15.8 Å². The van der Waals surface area contributed by atoms with E-state index in [1.807, 2.05) is 0 Å². The molecule has 1 aliphatic rings. The van der Waals surface area contributed by atoms with E-state index < -0.39 is 29.8 Å². The van der Waals surface area contributed by atoms with Crippen molar-refractivity contribution in [3.8, 4) is 0 Å². The third-order valence-electron chi connectivity index (χ3n) is 4.89. The number of anilines is 2. The number of nitrogens with zero attached hydrogens (tertiary/aromatic N) is 1. The van der Waals surface area contributed by atoms with Crippen LogP contribution in [-0.4, -0.2) is 23.5 Å². The summed E-state index contributed by atoms with van der Waals surface area (Å²) in [6.07, 6.45) is 0. The van der Waals surface area contributed by atoms with Gasteiger partial charge in [0.15, 0.2) is 5.60 Å². The summed E-state index contributed by atoms with van der Waals surface area (Å²) in [4.78, 5) is 27.0. The van der Waals surface area contributed by atoms with Crippen LogP contribution < -0.4 is 10.2 Å². The van der Waals surface area contributed by atoms with E-state index in [0.717, 1.165) is 6.07 Å². The van der Waals surface area contributed by atoms with E-state index >= 15 is 0 Å². The van der Waals surface area contributed by atoms with Gasteiger partial charge in [0.25, 0.3) is 5.91 Å². The predicted molar refractivity (Wildman–Crippen MR) is 113 cm³/mol. The lowest BCUT2D eigenvalue weighted by atomic mass is 9.87. The molecular weight excluding hydrogens is 430 g/mol. The second-order valence-corrected chi connectivity index (χ2v) is 7.67. The fourth-order valence-electron chi connectivity index (χ4n) is 3.51. The molecule has 5 nitrogen and oxygen atoms in total. The molecule has 1 heterocycles. The Labute approximate surface area is 181 Å². The number of hydrogen-bond donors (Lipinski definition) is 2. The van der Waals surface area contributed by atoms with Gasteiger partial charge in [-0.05, 0) is 42.0 Å². The Morgan fingerprint density at radius 3 is 2.50 bits per heavy atom. The lowest BCUT2D eigenvalue weighted by Crippen LogP contribution is -2.44. The molecule has 4 rings (SSSR count). The molecule has 2 amide bonds. The molecule has 0 bridgehead atoms. The molecule has 152 valence electrons. The smallest absolute Gasteiger partial charge is 0.268 e. The Bertz CT molecular complexity index is 1170. The van der Waals surface area contributed by atoms with E-state index in [0.29, 0.717) is 21.8 Å². The Hall–Kier alpha value is -2.93. The van der Waals surface area contributed by atoms with Crippen LogP contribution in [0.15, 0.2) is 66.7 Å². The van der Waals surface area contributed by atoms with Gasteiger partial charge in [0.05, 0.1) is 11.4 Å². The maximum Gasteiger partial charge on any atom is 0.268 e. The first-order valence-electron chi connectivity index (χ1n) is 8.95. The van der Waals surface area contributed by atoms with Gasteiger partial charge in [0, 0.05) is 15.6 Å². The lowest BCUT2D eigenvalue weighted by Gasteiger charge is -2.23. The van der Waals surface area contributed by atoms with Crippen molar-refractivity contribution in [3.05, 3.63) is 93.7 Å². The highest BCUT2D eigenvalue weighted by atomic mass is 35.5. The van der Waals surface area contributed by atoms with Gasteiger partial charge in [-0.15, -0.1) is 0 Å². The zero-order valence-corrected chi connectivity index (χ0v) is 16.9. The van der Waals surface area contributed by atoms with Crippen LogP contribution in [0.3, 0.4) is 0 Å². The van der Waals surface area contributed by atoms with E-state index in [2.05, 4.69) is 5.32 Å². The maximum absolute atomic E-state index is 14.0. The molecule has 1 atom stereocenters. The number of para-hydroxylation sites is 1. The molecular formula is C22H15Cl2FN2O3. The SMILES string of the molecule is O=C(CN1C(=O)[C@@](O)(c2cccc(Cl)c2)c2ccccc21)Nc1ccc(Cl)cc1F. The summed E-state index contributed by atoms with van der Waals surface area (Å²) in [5.41, 5.74) is -1.04. The summed E-state index contributed by atoms with van der Waals surface area (Å²) in [5, 5.41) is 14.4. The molecule has 3 aromatic carbocycles. The van der Waals surface area contributed by atoms with Crippen LogP contribution in [-0.2, 0) is 15.2 Å². The minimum absolute atomic E-state index is 0.0607. The normalized spacial score (nSPS) is 17.7. The quantitative estimate of drug-likeness (QED) is 0.628. The molecule has 0 saturated heterocycles. The molecule has 3 aromatic rings. The fraction of sp³-hybridized carbons (Fsp3) is 0.0909. The first-order valence-corrected chi connectivity index (χ1v) is 9.71. The van der Waals surface area contributed by atoms with E-state index in [9.17, 15) is 19.1 Å². The molecule has 0 unspecified atom stereocenters. The number of amides is 2. The monoisotopic (exact) mass is 444 g/mol. The zero-order valence-electron chi connectivity index (χ0n) is 15.4. The average Bonchev–Trinajstić information content (AvgIpc) is 2.93. The fourth-order valence-corrected chi connectivity index (χ4v) is 3.86. The van der Waals surface area contributed by atoms with E-state index in [4.69, 9.17) is 23.2 Å². The van der Waals surface area contributed by atoms with Gasteiger partial charge in [-0.1, -0.05) is 53.5 Å². The number of carbonyl (C=O) groups excluding carboxylic acids is 2. The minimum Gasteiger partial charge on any atom is -0.372 e. The number of nitrogens with one attached hydrogen (secondary N) is 1. The summed E-state index contributed by atoms with van der Waals surface area (Å²) >= 11 is 11.8. The summed E-state index contributed by atoms with van der Waals surface area (Å²) in [7, 11) is 0. The molecule has 0 saturated carbocycles. The summed E-state index contributed by atoms with van der Waals surface area (Å²) in [5.74, 6) is -2.02. The van der Waals surface area contributed by atoms with Crippen LogP contribution in [0.5, 0.6) is 0 Å². The molecule has 30 heavy (non-hydrogen) atoms. The number of carbonyl (C=O) groups is 2. The van der Waals surface area contributed by atoms with Gasteiger partial charge in [0.2, 0.25) is 5.91 Å². The predicted octanol–water partition coefficient (Wildman–Crippen LogP) is 4.35. The van der Waals surface area contributed by atoms with Crippen LogP contribution in [0.1, 0.15) is 11.1 Å². The number of fused-ring (bicyclic) bond motifs is 1. The molecule has 0 aliphatic carbocycles. The average molecular weight is 445 g/mol. The number of benzene rings is 3. The largest absolute Gasteiger partial charge is 0.372 e. The zero-order chi connectivity index (χ0) is 21.5. The molecule has 2 N–H and O–H groups in total. The Kier molecular flexibility index (Phi) is 5.24. The first-order chi connectivity index (χ1) is 14.3. The van der Waals surface area contributed by atoms with Crippen molar-refractivity contribution in [2.75, 3.05) is 16.8 Å². The van der Waals surface area contributed by atoms with Gasteiger partial charge < -0.3 is 10.4 Å². The summed E-state index contributed by atoms with van der Waals surface area (Å²) in [6, 6.07) is 16.8. The molecule has 0 radical (unpaired) electrons. The number of rotatable bonds is 4. The van der Waals surface area contributed by atoms with Gasteiger partial charge >= 0.3 is 0 Å². The molecule has 1 aliphatic heterocycles. The lowest BCUT2D eigenvalue weighted by molar-refractivity contribution is -0.133. The second kappa shape index (κ2) is 7.72. The topological polar surface area (TPSA) is 69.6 Å². The minimum atomic E-state index is -1.99. The molecule has 0 spiro atoms. The van der Waals surface area contributed by atoms with Crippen molar-refractivity contribution < 1.29 is 19.1 Å². The van der Waals surface area contributed by atoms with Crippen molar-refractivity contribution in [2.45, 2.75) is 5.60 Å².